The molecule has 0 N–H and O–H groups in total. The van der Waals surface area contributed by atoms with E-state index in [0.717, 1.165) is 25.2 Å². The maximum Gasteiger partial charge on any atom is 0.125 e. The van der Waals surface area contributed by atoms with Crippen LogP contribution in [0.1, 0.15) is 11.3 Å². The van der Waals surface area contributed by atoms with Gasteiger partial charge in [0.05, 0.1) is 6.54 Å². The molecule has 0 aliphatic carbocycles. The van der Waals surface area contributed by atoms with Gasteiger partial charge >= 0.3 is 0 Å². The number of halogens is 1. The number of nitrogens with zero attached hydrogens (tertiary/aromatic N) is 2. The summed E-state index contributed by atoms with van der Waals surface area (Å²) in [4.78, 5) is 2.25. The zero-order valence-corrected chi connectivity index (χ0v) is 12.0. The summed E-state index contributed by atoms with van der Waals surface area (Å²) in [7, 11) is 2.12. The van der Waals surface area contributed by atoms with Crippen molar-refractivity contribution in [3.05, 3.63) is 65.6 Å². The molecule has 0 fully saturated rings. The number of fused-ring (bicyclic) bond motifs is 3. The first-order valence-corrected chi connectivity index (χ1v) is 7.30. The molecule has 3 heteroatoms. The summed E-state index contributed by atoms with van der Waals surface area (Å²) in [5, 5.41) is 1.36. The Morgan fingerprint density at radius 1 is 1.05 bits per heavy atom. The number of hydrogen-bond acceptors (Lipinski definition) is 1. The highest BCUT2D eigenvalue weighted by atomic mass is 19.1. The molecule has 21 heavy (non-hydrogen) atoms. The summed E-state index contributed by atoms with van der Waals surface area (Å²) in [5.41, 5.74) is 5.03. The summed E-state index contributed by atoms with van der Waals surface area (Å²) in [5.74, 6) is -0.171. The van der Waals surface area contributed by atoms with Crippen LogP contribution in [0.4, 0.5) is 10.1 Å². The van der Waals surface area contributed by atoms with Gasteiger partial charge < -0.3 is 9.47 Å². The lowest BCUT2D eigenvalue weighted by atomic mass is 10.0. The molecule has 2 heterocycles. The van der Waals surface area contributed by atoms with Gasteiger partial charge in [-0.25, -0.2) is 4.39 Å². The van der Waals surface area contributed by atoms with E-state index in [-0.39, 0.29) is 5.82 Å². The van der Waals surface area contributed by atoms with E-state index in [1.54, 1.807) is 12.1 Å². The molecule has 0 atom stereocenters. The molecule has 1 aromatic heterocycles. The molecule has 2 aromatic carbocycles. The van der Waals surface area contributed by atoms with Gasteiger partial charge in [0.25, 0.3) is 0 Å². The fourth-order valence-electron chi connectivity index (χ4n) is 3.40. The van der Waals surface area contributed by atoms with Crippen LogP contribution in [0.3, 0.4) is 0 Å². The number of benzene rings is 2. The SMILES string of the molecule is Cn1c2c(c3ccccc31)CCN(c1cccc(F)c1)C2. The van der Waals surface area contributed by atoms with Crippen molar-refractivity contribution < 1.29 is 4.39 Å². The minimum Gasteiger partial charge on any atom is -0.365 e. The molecule has 4 rings (SSSR count). The van der Waals surface area contributed by atoms with E-state index < -0.39 is 0 Å². The van der Waals surface area contributed by atoms with Crippen molar-refractivity contribution in [3.8, 4) is 0 Å². The highest BCUT2D eigenvalue weighted by molar-refractivity contribution is 5.86. The number of aryl methyl sites for hydroxylation is 1. The predicted octanol–water partition coefficient (Wildman–Crippen LogP) is 3.88. The summed E-state index contributed by atoms with van der Waals surface area (Å²) in [6.07, 6.45) is 1.01. The van der Waals surface area contributed by atoms with Crippen molar-refractivity contribution >= 4 is 16.6 Å². The van der Waals surface area contributed by atoms with E-state index in [1.165, 1.54) is 28.2 Å². The maximum atomic E-state index is 13.4. The number of rotatable bonds is 1. The van der Waals surface area contributed by atoms with E-state index in [4.69, 9.17) is 0 Å². The largest absolute Gasteiger partial charge is 0.365 e. The first kappa shape index (κ1) is 12.5. The Hall–Kier alpha value is -2.29. The summed E-state index contributed by atoms with van der Waals surface area (Å²) < 4.78 is 15.7. The van der Waals surface area contributed by atoms with E-state index in [2.05, 4.69) is 40.8 Å². The summed E-state index contributed by atoms with van der Waals surface area (Å²) in [6.45, 7) is 1.77. The molecule has 0 unspecified atom stereocenters. The molecular formula is C18H17FN2. The van der Waals surface area contributed by atoms with E-state index in [9.17, 15) is 4.39 Å². The second kappa shape index (κ2) is 4.62. The van der Waals surface area contributed by atoms with Gasteiger partial charge in [0, 0.05) is 35.9 Å². The Morgan fingerprint density at radius 3 is 2.76 bits per heavy atom. The highest BCUT2D eigenvalue weighted by Gasteiger charge is 2.22. The Labute approximate surface area is 123 Å². The van der Waals surface area contributed by atoms with E-state index >= 15 is 0 Å². The standard InChI is InChI=1S/C18H17FN2/c1-20-17-8-3-2-7-15(17)16-9-10-21(12-18(16)20)14-6-4-5-13(19)11-14/h2-8,11H,9-10,12H2,1H3. The van der Waals surface area contributed by atoms with Crippen LogP contribution < -0.4 is 4.90 Å². The topological polar surface area (TPSA) is 8.17 Å². The van der Waals surface area contributed by atoms with Crippen molar-refractivity contribution in [2.45, 2.75) is 13.0 Å². The average Bonchev–Trinajstić information content (AvgIpc) is 2.81. The average molecular weight is 280 g/mol. The van der Waals surface area contributed by atoms with Crippen LogP contribution >= 0.6 is 0 Å². The van der Waals surface area contributed by atoms with Gasteiger partial charge in [-0.15, -0.1) is 0 Å². The zero-order valence-electron chi connectivity index (χ0n) is 12.0. The van der Waals surface area contributed by atoms with Crippen LogP contribution in [0.5, 0.6) is 0 Å². The third-order valence-corrected chi connectivity index (χ3v) is 4.49. The van der Waals surface area contributed by atoms with Crippen LogP contribution in [0, 0.1) is 5.82 Å². The van der Waals surface area contributed by atoms with Gasteiger partial charge in [-0.3, -0.25) is 0 Å². The molecule has 106 valence electrons. The Balaban J connectivity index is 1.78. The number of hydrogen-bond donors (Lipinski definition) is 0. The molecule has 0 bridgehead atoms. The molecule has 3 aromatic rings. The minimum absolute atomic E-state index is 0.171. The van der Waals surface area contributed by atoms with Gasteiger partial charge in [-0.2, -0.15) is 0 Å². The van der Waals surface area contributed by atoms with Crippen molar-refractivity contribution in [1.82, 2.24) is 4.57 Å². The lowest BCUT2D eigenvalue weighted by Gasteiger charge is -2.30. The Bertz CT molecular complexity index is 819. The molecule has 0 saturated carbocycles. The van der Waals surface area contributed by atoms with Crippen LogP contribution in [0.15, 0.2) is 48.5 Å². The van der Waals surface area contributed by atoms with Crippen molar-refractivity contribution in [2.24, 2.45) is 7.05 Å². The third kappa shape index (κ3) is 1.92. The fourth-order valence-corrected chi connectivity index (χ4v) is 3.40. The van der Waals surface area contributed by atoms with Crippen molar-refractivity contribution in [1.29, 1.82) is 0 Å². The summed E-state index contributed by atoms with van der Waals surface area (Å²) in [6, 6.07) is 15.4. The Morgan fingerprint density at radius 2 is 1.90 bits per heavy atom. The molecule has 0 radical (unpaired) electrons. The molecule has 2 nitrogen and oxygen atoms in total. The van der Waals surface area contributed by atoms with Gasteiger partial charge in [0.1, 0.15) is 5.82 Å². The highest BCUT2D eigenvalue weighted by Crippen LogP contribution is 2.31. The first-order valence-electron chi connectivity index (χ1n) is 7.30. The molecule has 0 spiro atoms. The van der Waals surface area contributed by atoms with Crippen LogP contribution in [-0.4, -0.2) is 11.1 Å². The zero-order chi connectivity index (χ0) is 14.4. The number of anilines is 1. The van der Waals surface area contributed by atoms with Crippen LogP contribution in [-0.2, 0) is 20.0 Å². The van der Waals surface area contributed by atoms with Gasteiger partial charge in [0.2, 0.25) is 0 Å². The van der Waals surface area contributed by atoms with Crippen molar-refractivity contribution in [3.63, 3.8) is 0 Å². The quantitative estimate of drug-likeness (QED) is 0.656. The number of para-hydroxylation sites is 1. The molecule has 1 aliphatic heterocycles. The third-order valence-electron chi connectivity index (χ3n) is 4.49. The second-order valence-corrected chi connectivity index (χ2v) is 5.65. The molecule has 0 amide bonds. The van der Waals surface area contributed by atoms with Gasteiger partial charge in [0.15, 0.2) is 0 Å². The lowest BCUT2D eigenvalue weighted by Crippen LogP contribution is -2.31. The van der Waals surface area contributed by atoms with Crippen LogP contribution in [0.25, 0.3) is 10.9 Å². The molecular weight excluding hydrogens is 263 g/mol. The lowest BCUT2D eigenvalue weighted by molar-refractivity contribution is 0.623. The normalized spacial score (nSPS) is 14.5. The second-order valence-electron chi connectivity index (χ2n) is 5.65. The molecule has 0 saturated heterocycles. The van der Waals surface area contributed by atoms with Crippen LogP contribution in [0.2, 0.25) is 0 Å². The monoisotopic (exact) mass is 280 g/mol. The molecule has 1 aliphatic rings. The summed E-state index contributed by atoms with van der Waals surface area (Å²) >= 11 is 0. The van der Waals surface area contributed by atoms with Gasteiger partial charge in [-0.05, 0) is 36.2 Å². The number of aromatic nitrogens is 1. The van der Waals surface area contributed by atoms with Gasteiger partial charge in [-0.1, -0.05) is 24.3 Å². The fraction of sp³-hybridized carbons (Fsp3) is 0.222. The smallest absolute Gasteiger partial charge is 0.125 e. The van der Waals surface area contributed by atoms with E-state index in [1.807, 2.05) is 6.07 Å². The maximum absolute atomic E-state index is 13.4. The van der Waals surface area contributed by atoms with Crippen molar-refractivity contribution in [2.75, 3.05) is 11.4 Å². The first-order chi connectivity index (χ1) is 10.2. The predicted molar refractivity (Wildman–Crippen MR) is 84.1 cm³/mol. The minimum atomic E-state index is -0.171. The Kier molecular flexibility index (Phi) is 2.74. The van der Waals surface area contributed by atoms with E-state index in [0.29, 0.717) is 0 Å².